The van der Waals surface area contributed by atoms with Crippen molar-refractivity contribution in [1.82, 2.24) is 0 Å². The van der Waals surface area contributed by atoms with Gasteiger partial charge < -0.3 is 4.74 Å². The lowest BCUT2D eigenvalue weighted by atomic mass is 10.0. The van der Waals surface area contributed by atoms with Gasteiger partial charge in [0.05, 0.1) is 5.60 Å². The van der Waals surface area contributed by atoms with Crippen molar-refractivity contribution >= 4 is 0 Å². The second kappa shape index (κ2) is 23.4. The highest BCUT2D eigenvalue weighted by Gasteiger charge is 2.12. The van der Waals surface area contributed by atoms with Crippen molar-refractivity contribution in [3.63, 3.8) is 0 Å². The minimum Gasteiger partial charge on any atom is -0.378 e. The number of hydrogen-bond donors (Lipinski definition) is 0. The van der Waals surface area contributed by atoms with Gasteiger partial charge in [-0.25, -0.2) is 0 Å². The Morgan fingerprint density at radius 2 is 0.952 bits per heavy atom. The van der Waals surface area contributed by atoms with Gasteiger partial charge in [0.2, 0.25) is 0 Å². The van der Waals surface area contributed by atoms with E-state index in [1.807, 2.05) is 0 Å². The van der Waals surface area contributed by atoms with Crippen LogP contribution in [0, 0.1) is 0 Å². The first-order valence-corrected chi connectivity index (χ1v) is 15.4. The summed E-state index contributed by atoms with van der Waals surface area (Å²) >= 11 is 0. The lowest BCUT2D eigenvalue weighted by Gasteiger charge is -2.20. The van der Waals surface area contributed by atoms with Gasteiger partial charge in [0, 0.05) is 7.11 Å². The molecule has 0 saturated carbocycles. The molecule has 230 valence electrons. The maximum atomic E-state index is 5.45. The van der Waals surface area contributed by atoms with Crippen LogP contribution in [0.1, 0.15) is 101 Å². The molecule has 1 heteroatoms. The summed E-state index contributed by atoms with van der Waals surface area (Å²) in [6.07, 6.45) is 42.2. The molecule has 0 N–H and O–H groups in total. The summed E-state index contributed by atoms with van der Waals surface area (Å²) in [7, 11) is 1.76. The number of hydrogen-bond acceptors (Lipinski definition) is 1. The molecule has 0 unspecified atom stereocenters. The monoisotopic (exact) mass is 568 g/mol. The number of rotatable bonds is 18. The van der Waals surface area contributed by atoms with Crippen LogP contribution < -0.4 is 0 Å². The van der Waals surface area contributed by atoms with E-state index >= 15 is 0 Å². The average Bonchev–Trinajstić information content (AvgIpc) is 2.91. The molecule has 0 atom stereocenters. The summed E-state index contributed by atoms with van der Waals surface area (Å²) in [5.41, 5.74) is 9.06. The highest BCUT2D eigenvalue weighted by molar-refractivity contribution is 5.32. The summed E-state index contributed by atoms with van der Waals surface area (Å²) in [6, 6.07) is 0. The van der Waals surface area contributed by atoms with Crippen LogP contribution in [-0.2, 0) is 4.74 Å². The second-order valence-corrected chi connectivity index (χ2v) is 12.1. The first-order chi connectivity index (χ1) is 19.8. The Morgan fingerprint density at radius 1 is 0.524 bits per heavy atom. The first kappa shape index (κ1) is 38.8. The number of ether oxygens (including phenoxy) is 1. The number of methoxy groups -OCH3 is 1. The standard InChI is InChI=1S/C41H60O/c1-34(2)20-14-23-37(5)26-17-29-38(6)27-15-24-35(3)21-12-13-22-36(4)25-16-28-39(7)30-18-31-40(8)32-19-33-41(9,10)42-11/h12-13,15-16,18-22,24-28,30-32H,14,17,23,29,33H2,1-11H3/b13-12+,24-15+,25-16+,30-18+,32-19+,35-21+,36-22-,37-26+,38-27+,39-28+,40-31+. The van der Waals surface area contributed by atoms with Gasteiger partial charge in [-0.1, -0.05) is 142 Å². The smallest absolute Gasteiger partial charge is 0.0657 e. The van der Waals surface area contributed by atoms with Crippen molar-refractivity contribution in [3.8, 4) is 0 Å². The van der Waals surface area contributed by atoms with Crippen molar-refractivity contribution in [1.29, 1.82) is 0 Å². The van der Waals surface area contributed by atoms with Crippen LogP contribution in [0.5, 0.6) is 0 Å². The first-order valence-electron chi connectivity index (χ1n) is 15.4. The molecule has 0 saturated heterocycles. The van der Waals surface area contributed by atoms with E-state index in [1.165, 1.54) is 39.0 Å². The molecule has 0 rings (SSSR count). The Balaban J connectivity index is 4.66. The van der Waals surface area contributed by atoms with E-state index in [-0.39, 0.29) is 5.60 Å². The zero-order valence-corrected chi connectivity index (χ0v) is 28.8. The largest absolute Gasteiger partial charge is 0.378 e. The molecule has 0 radical (unpaired) electrons. The van der Waals surface area contributed by atoms with Crippen LogP contribution in [0.2, 0.25) is 0 Å². The fourth-order valence-corrected chi connectivity index (χ4v) is 3.64. The van der Waals surface area contributed by atoms with E-state index in [0.717, 1.165) is 32.1 Å². The van der Waals surface area contributed by atoms with E-state index in [9.17, 15) is 0 Å². The van der Waals surface area contributed by atoms with Gasteiger partial charge in [0.25, 0.3) is 0 Å². The van der Waals surface area contributed by atoms with Crippen LogP contribution in [0.25, 0.3) is 0 Å². The minimum absolute atomic E-state index is 0.118. The van der Waals surface area contributed by atoms with Crippen molar-refractivity contribution in [2.45, 2.75) is 107 Å². The summed E-state index contributed by atoms with van der Waals surface area (Å²) in [4.78, 5) is 0. The van der Waals surface area contributed by atoms with E-state index in [2.05, 4.69) is 173 Å². The van der Waals surface area contributed by atoms with Crippen LogP contribution in [0.3, 0.4) is 0 Å². The second-order valence-electron chi connectivity index (χ2n) is 12.1. The Hall–Kier alpha value is -3.16. The van der Waals surface area contributed by atoms with Crippen molar-refractivity contribution in [2.75, 3.05) is 7.11 Å². The molecule has 0 bridgehead atoms. The van der Waals surface area contributed by atoms with Gasteiger partial charge in [-0.15, -0.1) is 0 Å². The third-order valence-electron chi connectivity index (χ3n) is 6.67. The molecular formula is C41H60O. The third kappa shape index (κ3) is 24.6. The van der Waals surface area contributed by atoms with Crippen LogP contribution in [0.15, 0.2) is 142 Å². The Morgan fingerprint density at radius 3 is 1.45 bits per heavy atom. The lowest BCUT2D eigenvalue weighted by molar-refractivity contribution is 0.0255. The molecule has 0 aromatic heterocycles. The van der Waals surface area contributed by atoms with Crippen molar-refractivity contribution in [2.24, 2.45) is 0 Å². The van der Waals surface area contributed by atoms with Gasteiger partial charge in [-0.2, -0.15) is 0 Å². The van der Waals surface area contributed by atoms with Gasteiger partial charge in [-0.3, -0.25) is 0 Å². The van der Waals surface area contributed by atoms with Crippen LogP contribution >= 0.6 is 0 Å². The van der Waals surface area contributed by atoms with E-state index in [1.54, 1.807) is 7.11 Å². The van der Waals surface area contributed by atoms with Gasteiger partial charge >= 0.3 is 0 Å². The summed E-state index contributed by atoms with van der Waals surface area (Å²) in [5.74, 6) is 0. The Kier molecular flexibility index (Phi) is 21.6. The zero-order valence-electron chi connectivity index (χ0n) is 28.8. The minimum atomic E-state index is -0.118. The summed E-state index contributed by atoms with van der Waals surface area (Å²) in [5, 5.41) is 0. The summed E-state index contributed by atoms with van der Waals surface area (Å²) < 4.78 is 5.45. The quantitative estimate of drug-likeness (QED) is 0.118. The molecule has 0 aromatic carbocycles. The van der Waals surface area contributed by atoms with E-state index in [4.69, 9.17) is 4.74 Å². The third-order valence-corrected chi connectivity index (χ3v) is 6.67. The number of allylic oxidation sites excluding steroid dienone is 23. The fraction of sp³-hybridized carbons (Fsp3) is 0.415. The predicted molar refractivity (Wildman–Crippen MR) is 192 cm³/mol. The van der Waals surface area contributed by atoms with Gasteiger partial charge in [0.1, 0.15) is 0 Å². The van der Waals surface area contributed by atoms with Crippen molar-refractivity contribution in [3.05, 3.63) is 142 Å². The maximum Gasteiger partial charge on any atom is 0.0657 e. The maximum absolute atomic E-state index is 5.45. The highest BCUT2D eigenvalue weighted by Crippen LogP contribution is 2.14. The molecule has 0 aliphatic heterocycles. The molecule has 0 aromatic rings. The molecule has 0 spiro atoms. The molecule has 0 fully saturated rings. The molecule has 0 aliphatic rings. The molecule has 0 aliphatic carbocycles. The predicted octanol–water partition coefficient (Wildman–Crippen LogP) is 12.8. The molecule has 42 heavy (non-hydrogen) atoms. The van der Waals surface area contributed by atoms with Gasteiger partial charge in [-0.05, 0) is 101 Å². The van der Waals surface area contributed by atoms with E-state index < -0.39 is 0 Å². The highest BCUT2D eigenvalue weighted by atomic mass is 16.5. The molecule has 1 nitrogen and oxygen atoms in total. The van der Waals surface area contributed by atoms with Crippen LogP contribution in [-0.4, -0.2) is 12.7 Å². The molecular weight excluding hydrogens is 508 g/mol. The molecule has 0 amide bonds. The topological polar surface area (TPSA) is 9.23 Å². The average molecular weight is 569 g/mol. The summed E-state index contributed by atoms with van der Waals surface area (Å²) in [6.45, 7) is 21.5. The lowest BCUT2D eigenvalue weighted by Crippen LogP contribution is -2.20. The Bertz CT molecular complexity index is 1150. The SMILES string of the molecule is COC(C)(C)C/C=C/C(C)=C/C=C/C(C)=C/C=C/C(C)=C\C=C\C=C(C)\C=C\C=C(/C)CC/C=C(\C)CCC=C(C)C. The zero-order chi connectivity index (χ0) is 31.8. The normalized spacial score (nSPS) is 15.5. The Labute approximate surface area is 260 Å². The fourth-order valence-electron chi connectivity index (χ4n) is 3.64. The van der Waals surface area contributed by atoms with Crippen molar-refractivity contribution < 1.29 is 4.74 Å². The van der Waals surface area contributed by atoms with Crippen LogP contribution in [0.4, 0.5) is 0 Å². The van der Waals surface area contributed by atoms with Gasteiger partial charge in [0.15, 0.2) is 0 Å². The van der Waals surface area contributed by atoms with E-state index in [0.29, 0.717) is 0 Å². The molecule has 0 heterocycles.